The van der Waals surface area contributed by atoms with Crippen LogP contribution < -0.4 is 5.63 Å². The van der Waals surface area contributed by atoms with Crippen molar-refractivity contribution in [1.82, 2.24) is 4.90 Å². The number of hydrogen-bond donors (Lipinski definition) is 1. The van der Waals surface area contributed by atoms with Crippen molar-refractivity contribution in [2.75, 3.05) is 27.3 Å². The van der Waals surface area contributed by atoms with Gasteiger partial charge in [-0.1, -0.05) is 0 Å². The Morgan fingerprint density at radius 2 is 2.29 bits per heavy atom. The molecule has 1 aromatic rings. The lowest BCUT2D eigenvalue weighted by Gasteiger charge is -2.20. The zero-order valence-electron chi connectivity index (χ0n) is 9.75. The molecule has 1 atom stereocenters. The number of aliphatic hydroxyl groups excluding tert-OH is 1. The molecule has 94 valence electrons. The van der Waals surface area contributed by atoms with E-state index in [1.807, 2.05) is 0 Å². The van der Waals surface area contributed by atoms with Crippen molar-refractivity contribution < 1.29 is 19.1 Å². The van der Waals surface area contributed by atoms with Gasteiger partial charge in [0.15, 0.2) is 0 Å². The van der Waals surface area contributed by atoms with E-state index in [4.69, 9.17) is 4.74 Å². The van der Waals surface area contributed by atoms with Crippen LogP contribution in [0, 0.1) is 0 Å². The van der Waals surface area contributed by atoms with E-state index in [0.29, 0.717) is 0 Å². The first-order valence-electron chi connectivity index (χ1n) is 5.06. The second kappa shape index (κ2) is 6.17. The fraction of sp³-hybridized carbons (Fsp3) is 0.455. The van der Waals surface area contributed by atoms with Crippen LogP contribution in [0.2, 0.25) is 0 Å². The Balaban J connectivity index is 2.63. The van der Waals surface area contributed by atoms with E-state index in [-0.39, 0.29) is 24.6 Å². The summed E-state index contributed by atoms with van der Waals surface area (Å²) in [5, 5.41) is 9.47. The number of aliphatic hydroxyl groups is 1. The third-order valence-electron chi connectivity index (χ3n) is 2.14. The molecule has 0 fully saturated rings. The largest absolute Gasteiger partial charge is 0.430 e. The van der Waals surface area contributed by atoms with Crippen molar-refractivity contribution in [3.8, 4) is 0 Å². The van der Waals surface area contributed by atoms with E-state index in [9.17, 15) is 14.7 Å². The average Bonchev–Trinajstić information content (AvgIpc) is 2.29. The molecule has 0 bridgehead atoms. The number of nitrogens with zero attached hydrogens (tertiary/aromatic N) is 1. The predicted octanol–water partition coefficient (Wildman–Crippen LogP) is -0.281. The first-order chi connectivity index (χ1) is 8.04. The van der Waals surface area contributed by atoms with Gasteiger partial charge in [0.1, 0.15) is 6.26 Å². The van der Waals surface area contributed by atoms with E-state index < -0.39 is 11.7 Å². The van der Waals surface area contributed by atoms with Crippen molar-refractivity contribution in [3.05, 3.63) is 34.4 Å². The molecule has 0 aliphatic rings. The summed E-state index contributed by atoms with van der Waals surface area (Å²) in [6.45, 7) is 0.299. The molecule has 17 heavy (non-hydrogen) atoms. The molecule has 0 radical (unpaired) electrons. The monoisotopic (exact) mass is 241 g/mol. The second-order valence-electron chi connectivity index (χ2n) is 3.64. The van der Waals surface area contributed by atoms with Crippen LogP contribution in [-0.4, -0.2) is 49.3 Å². The summed E-state index contributed by atoms with van der Waals surface area (Å²) in [5.41, 5.74) is -0.250. The van der Waals surface area contributed by atoms with Gasteiger partial charge in [-0.15, -0.1) is 0 Å². The zero-order valence-corrected chi connectivity index (χ0v) is 9.75. The molecule has 0 spiro atoms. The summed E-state index contributed by atoms with van der Waals surface area (Å²) in [4.78, 5) is 23.9. The highest BCUT2D eigenvalue weighted by Crippen LogP contribution is 2.02. The number of carbonyl (C=O) groups is 1. The summed E-state index contributed by atoms with van der Waals surface area (Å²) in [6.07, 6.45) is 0.355. The third kappa shape index (κ3) is 4.01. The van der Waals surface area contributed by atoms with E-state index in [0.717, 1.165) is 6.26 Å². The molecule has 0 saturated heterocycles. The number of likely N-dealkylation sites (N-methyl/N-ethyl adjacent to an activating group) is 1. The second-order valence-corrected chi connectivity index (χ2v) is 3.64. The van der Waals surface area contributed by atoms with Crippen molar-refractivity contribution in [2.45, 2.75) is 6.10 Å². The third-order valence-corrected chi connectivity index (χ3v) is 2.14. The minimum atomic E-state index is -0.746. The fourth-order valence-electron chi connectivity index (χ4n) is 1.34. The van der Waals surface area contributed by atoms with E-state index >= 15 is 0 Å². The Hall–Kier alpha value is -1.66. The Morgan fingerprint density at radius 3 is 2.82 bits per heavy atom. The van der Waals surface area contributed by atoms with Crippen molar-refractivity contribution in [3.63, 3.8) is 0 Å². The molecule has 1 aromatic heterocycles. The molecule has 0 aromatic carbocycles. The summed E-state index contributed by atoms with van der Waals surface area (Å²) in [5.74, 6) is -0.330. The molecule has 0 saturated carbocycles. The van der Waals surface area contributed by atoms with Gasteiger partial charge >= 0.3 is 5.63 Å². The normalized spacial score (nSPS) is 12.2. The molecule has 6 nitrogen and oxygen atoms in total. The number of methoxy groups -OCH3 is 1. The van der Waals surface area contributed by atoms with E-state index in [1.54, 1.807) is 7.05 Å². The molecular formula is C11H15NO5. The molecule has 6 heteroatoms. The van der Waals surface area contributed by atoms with Crippen LogP contribution in [0.15, 0.2) is 27.6 Å². The highest BCUT2D eigenvalue weighted by atomic mass is 16.5. The maximum absolute atomic E-state index is 11.8. The first kappa shape index (κ1) is 13.4. The average molecular weight is 241 g/mol. The lowest BCUT2D eigenvalue weighted by molar-refractivity contribution is 0.0379. The van der Waals surface area contributed by atoms with Crippen LogP contribution in [-0.2, 0) is 4.74 Å². The van der Waals surface area contributed by atoms with Crippen LogP contribution >= 0.6 is 0 Å². The van der Waals surface area contributed by atoms with Gasteiger partial charge in [0.2, 0.25) is 0 Å². The lowest BCUT2D eigenvalue weighted by Crippen LogP contribution is -2.36. The summed E-state index contributed by atoms with van der Waals surface area (Å²) in [7, 11) is 3.02. The van der Waals surface area contributed by atoms with Gasteiger partial charge < -0.3 is 19.2 Å². The summed E-state index contributed by atoms with van der Waals surface area (Å²) < 4.78 is 9.35. The maximum Gasteiger partial charge on any atom is 0.335 e. The zero-order chi connectivity index (χ0) is 12.8. The SMILES string of the molecule is COCC(O)CN(C)C(=O)c1ccc(=O)oc1. The Morgan fingerprint density at radius 1 is 1.59 bits per heavy atom. The Labute approximate surface area is 98.4 Å². The van der Waals surface area contributed by atoms with Gasteiger partial charge in [-0.3, -0.25) is 4.79 Å². The van der Waals surface area contributed by atoms with Crippen LogP contribution in [0.5, 0.6) is 0 Å². The van der Waals surface area contributed by atoms with Crippen LogP contribution in [0.3, 0.4) is 0 Å². The smallest absolute Gasteiger partial charge is 0.335 e. The van der Waals surface area contributed by atoms with Crippen molar-refractivity contribution in [1.29, 1.82) is 0 Å². The minimum absolute atomic E-state index is 0.145. The van der Waals surface area contributed by atoms with Gasteiger partial charge in [-0.25, -0.2) is 4.79 Å². The fourth-order valence-corrected chi connectivity index (χ4v) is 1.34. The maximum atomic E-state index is 11.8. The number of amides is 1. The van der Waals surface area contributed by atoms with E-state index in [1.165, 1.54) is 24.1 Å². The summed E-state index contributed by atoms with van der Waals surface area (Å²) in [6, 6.07) is 2.56. The van der Waals surface area contributed by atoms with Crippen LogP contribution in [0.1, 0.15) is 10.4 Å². The molecule has 0 aliphatic carbocycles. The molecule has 1 amide bonds. The first-order valence-corrected chi connectivity index (χ1v) is 5.06. The topological polar surface area (TPSA) is 80.0 Å². The minimum Gasteiger partial charge on any atom is -0.430 e. The number of carbonyl (C=O) groups excluding carboxylic acids is 1. The highest BCUT2D eigenvalue weighted by Gasteiger charge is 2.15. The molecule has 1 heterocycles. The standard InChI is InChI=1S/C11H15NO5/c1-12(5-9(13)7-16-2)11(15)8-3-4-10(14)17-6-8/h3-4,6,9,13H,5,7H2,1-2H3. The van der Waals surface area contributed by atoms with Crippen molar-refractivity contribution in [2.24, 2.45) is 0 Å². The summed E-state index contributed by atoms with van der Waals surface area (Å²) >= 11 is 0. The van der Waals surface area contributed by atoms with E-state index in [2.05, 4.69) is 4.42 Å². The predicted molar refractivity (Wildman–Crippen MR) is 59.8 cm³/mol. The van der Waals surface area contributed by atoms with Crippen LogP contribution in [0.25, 0.3) is 0 Å². The van der Waals surface area contributed by atoms with Gasteiger partial charge in [0.05, 0.1) is 18.3 Å². The lowest BCUT2D eigenvalue weighted by atomic mass is 10.2. The highest BCUT2D eigenvalue weighted by molar-refractivity contribution is 5.93. The van der Waals surface area contributed by atoms with Gasteiger partial charge in [-0.2, -0.15) is 0 Å². The van der Waals surface area contributed by atoms with Gasteiger partial charge in [0, 0.05) is 26.8 Å². The van der Waals surface area contributed by atoms with Gasteiger partial charge in [-0.05, 0) is 6.07 Å². The molecule has 1 rings (SSSR count). The molecule has 1 N–H and O–H groups in total. The Bertz CT molecular complexity index is 408. The quantitative estimate of drug-likeness (QED) is 0.766. The van der Waals surface area contributed by atoms with Crippen molar-refractivity contribution >= 4 is 5.91 Å². The number of ether oxygens (including phenoxy) is 1. The number of rotatable bonds is 5. The molecule has 1 unspecified atom stereocenters. The Kier molecular flexibility index (Phi) is 4.86. The van der Waals surface area contributed by atoms with Crippen LogP contribution in [0.4, 0.5) is 0 Å². The van der Waals surface area contributed by atoms with Gasteiger partial charge in [0.25, 0.3) is 5.91 Å². The number of hydrogen-bond acceptors (Lipinski definition) is 5. The molecular weight excluding hydrogens is 226 g/mol. The molecule has 0 aliphatic heterocycles.